The summed E-state index contributed by atoms with van der Waals surface area (Å²) >= 11 is 0. The predicted molar refractivity (Wildman–Crippen MR) is 110 cm³/mol. The average molecular weight is 445 g/mol. The number of benzene rings is 2. The zero-order chi connectivity index (χ0) is 22.7. The summed E-state index contributed by atoms with van der Waals surface area (Å²) in [5.41, 5.74) is 1.01. The molecule has 0 saturated carbocycles. The number of hydrogen-bond donors (Lipinski definition) is 0. The first-order valence-corrected chi connectivity index (χ1v) is 10.4. The third kappa shape index (κ3) is 5.09. The Balaban J connectivity index is 1.35. The number of nitrogens with zero attached hydrogens (tertiary/aromatic N) is 3. The Morgan fingerprint density at radius 3 is 2.38 bits per heavy atom. The Morgan fingerprint density at radius 1 is 1.00 bits per heavy atom. The molecule has 0 N–H and O–H groups in total. The van der Waals surface area contributed by atoms with Crippen LogP contribution in [0, 0.1) is 17.5 Å². The lowest BCUT2D eigenvalue weighted by Gasteiger charge is -2.33. The zero-order valence-electron chi connectivity index (χ0n) is 17.3. The van der Waals surface area contributed by atoms with Gasteiger partial charge >= 0.3 is 0 Å². The maximum atomic E-state index is 13.8. The van der Waals surface area contributed by atoms with E-state index in [0.717, 1.165) is 12.1 Å². The van der Waals surface area contributed by atoms with Gasteiger partial charge in [0, 0.05) is 44.8 Å². The van der Waals surface area contributed by atoms with Gasteiger partial charge in [-0.15, -0.1) is 0 Å². The van der Waals surface area contributed by atoms with Crippen LogP contribution >= 0.6 is 0 Å². The van der Waals surface area contributed by atoms with Gasteiger partial charge < -0.3 is 9.64 Å². The van der Waals surface area contributed by atoms with Crippen LogP contribution in [-0.2, 0) is 16.1 Å². The van der Waals surface area contributed by atoms with E-state index in [9.17, 15) is 22.8 Å². The maximum Gasteiger partial charge on any atom is 0.270 e. The van der Waals surface area contributed by atoms with E-state index in [1.807, 2.05) is 0 Å². The van der Waals surface area contributed by atoms with Crippen molar-refractivity contribution in [1.29, 1.82) is 0 Å². The highest BCUT2D eigenvalue weighted by Crippen LogP contribution is 2.24. The summed E-state index contributed by atoms with van der Waals surface area (Å²) < 4.78 is 45.6. The standard InChI is InChI=1S/C23H22F3N3O3/c24-16-3-1-15(2-4-16)14-29-22(30)8-6-20(27-29)23(31)28-11-9-18(10-12-28)32-21-7-5-17(25)13-19(21)26/h1-5,7,13,18H,6,8-12,14H2. The molecule has 0 aliphatic carbocycles. The van der Waals surface area contributed by atoms with Crippen molar-refractivity contribution in [2.75, 3.05) is 13.1 Å². The highest BCUT2D eigenvalue weighted by atomic mass is 19.1. The van der Waals surface area contributed by atoms with Crippen LogP contribution in [-0.4, -0.2) is 46.6 Å². The van der Waals surface area contributed by atoms with Gasteiger partial charge in [0.1, 0.15) is 23.5 Å². The van der Waals surface area contributed by atoms with E-state index in [1.165, 1.54) is 23.2 Å². The summed E-state index contributed by atoms with van der Waals surface area (Å²) in [4.78, 5) is 26.8. The minimum atomic E-state index is -0.758. The van der Waals surface area contributed by atoms with Crippen molar-refractivity contribution in [3.63, 3.8) is 0 Å². The van der Waals surface area contributed by atoms with Crippen molar-refractivity contribution in [1.82, 2.24) is 9.91 Å². The molecule has 2 aromatic rings. The molecule has 9 heteroatoms. The molecule has 0 bridgehead atoms. The summed E-state index contributed by atoms with van der Waals surface area (Å²) in [5, 5.41) is 5.51. The lowest BCUT2D eigenvalue weighted by molar-refractivity contribution is -0.132. The molecule has 2 aliphatic heterocycles. The quantitative estimate of drug-likeness (QED) is 0.706. The van der Waals surface area contributed by atoms with Crippen molar-refractivity contribution in [3.05, 3.63) is 65.5 Å². The van der Waals surface area contributed by atoms with E-state index in [4.69, 9.17) is 4.74 Å². The second-order valence-corrected chi connectivity index (χ2v) is 7.81. The molecule has 4 rings (SSSR count). The number of piperidine rings is 1. The van der Waals surface area contributed by atoms with Crippen LogP contribution in [0.25, 0.3) is 0 Å². The number of likely N-dealkylation sites (tertiary alicyclic amines) is 1. The van der Waals surface area contributed by atoms with Crippen LogP contribution in [0.4, 0.5) is 13.2 Å². The summed E-state index contributed by atoms with van der Waals surface area (Å²) in [7, 11) is 0. The second-order valence-electron chi connectivity index (χ2n) is 7.81. The van der Waals surface area contributed by atoms with E-state index in [1.54, 1.807) is 17.0 Å². The number of carbonyl (C=O) groups is 2. The lowest BCUT2D eigenvalue weighted by atomic mass is 10.1. The molecule has 0 aromatic heterocycles. The SMILES string of the molecule is O=C(C1=NN(Cc2ccc(F)cc2)C(=O)CC1)N1CCC(Oc2ccc(F)cc2F)CC1. The number of hydrogen-bond acceptors (Lipinski definition) is 4. The monoisotopic (exact) mass is 445 g/mol. The predicted octanol–water partition coefficient (Wildman–Crippen LogP) is 3.65. The largest absolute Gasteiger partial charge is 0.487 e. The van der Waals surface area contributed by atoms with Crippen molar-refractivity contribution in [2.45, 2.75) is 38.3 Å². The van der Waals surface area contributed by atoms with E-state index in [2.05, 4.69) is 5.10 Å². The van der Waals surface area contributed by atoms with Gasteiger partial charge in [0.2, 0.25) is 5.91 Å². The van der Waals surface area contributed by atoms with Crippen molar-refractivity contribution >= 4 is 17.5 Å². The molecule has 0 radical (unpaired) electrons. The van der Waals surface area contributed by atoms with Crippen LogP contribution < -0.4 is 4.74 Å². The molecule has 2 heterocycles. The number of carbonyl (C=O) groups excluding carboxylic acids is 2. The molecular weight excluding hydrogens is 423 g/mol. The molecule has 1 saturated heterocycles. The van der Waals surface area contributed by atoms with Gasteiger partial charge in [0.15, 0.2) is 11.6 Å². The molecule has 2 aromatic carbocycles. The van der Waals surface area contributed by atoms with Gasteiger partial charge in [-0.1, -0.05) is 12.1 Å². The summed E-state index contributed by atoms with van der Waals surface area (Å²) in [6.07, 6.45) is 1.13. The third-order valence-corrected chi connectivity index (χ3v) is 5.51. The van der Waals surface area contributed by atoms with Gasteiger partial charge in [0.25, 0.3) is 5.91 Å². The number of ether oxygens (including phenoxy) is 1. The van der Waals surface area contributed by atoms with Crippen molar-refractivity contribution in [2.24, 2.45) is 5.10 Å². The van der Waals surface area contributed by atoms with E-state index in [0.29, 0.717) is 37.2 Å². The molecule has 0 spiro atoms. The summed E-state index contributed by atoms with van der Waals surface area (Å²) in [6.45, 7) is 0.962. The van der Waals surface area contributed by atoms with Crippen molar-refractivity contribution < 1.29 is 27.5 Å². The van der Waals surface area contributed by atoms with E-state index >= 15 is 0 Å². The highest BCUT2D eigenvalue weighted by Gasteiger charge is 2.30. The van der Waals surface area contributed by atoms with Crippen LogP contribution in [0.15, 0.2) is 47.6 Å². The van der Waals surface area contributed by atoms with Crippen LogP contribution in [0.2, 0.25) is 0 Å². The molecule has 32 heavy (non-hydrogen) atoms. The molecule has 1 fully saturated rings. The van der Waals surface area contributed by atoms with Crippen LogP contribution in [0.3, 0.4) is 0 Å². The van der Waals surface area contributed by atoms with Gasteiger partial charge in [0.05, 0.1) is 6.54 Å². The molecule has 6 nitrogen and oxygen atoms in total. The Morgan fingerprint density at radius 2 is 1.69 bits per heavy atom. The minimum absolute atomic E-state index is 0.0113. The summed E-state index contributed by atoms with van der Waals surface area (Å²) in [6, 6.07) is 8.93. The smallest absolute Gasteiger partial charge is 0.270 e. The first-order chi connectivity index (χ1) is 15.4. The number of hydrazone groups is 1. The number of halogens is 3. The van der Waals surface area contributed by atoms with E-state index in [-0.39, 0.29) is 48.9 Å². The molecular formula is C23H22F3N3O3. The first-order valence-electron chi connectivity index (χ1n) is 10.4. The Kier molecular flexibility index (Phi) is 6.43. The Hall–Kier alpha value is -3.36. The average Bonchev–Trinajstić information content (AvgIpc) is 2.79. The zero-order valence-corrected chi connectivity index (χ0v) is 17.3. The molecule has 168 valence electrons. The fourth-order valence-electron chi connectivity index (χ4n) is 3.75. The number of amides is 2. The van der Waals surface area contributed by atoms with Gasteiger partial charge in [-0.2, -0.15) is 5.10 Å². The van der Waals surface area contributed by atoms with Crippen LogP contribution in [0.5, 0.6) is 5.75 Å². The first kappa shape index (κ1) is 21.9. The molecule has 0 unspecified atom stereocenters. The van der Waals surface area contributed by atoms with Gasteiger partial charge in [-0.05, 0) is 29.8 Å². The van der Waals surface area contributed by atoms with Crippen LogP contribution in [0.1, 0.15) is 31.2 Å². The maximum absolute atomic E-state index is 13.8. The summed E-state index contributed by atoms with van der Waals surface area (Å²) in [5.74, 6) is -2.25. The van der Waals surface area contributed by atoms with Crippen molar-refractivity contribution in [3.8, 4) is 5.75 Å². The lowest BCUT2D eigenvalue weighted by Crippen LogP contribution is -2.46. The molecule has 0 atom stereocenters. The van der Waals surface area contributed by atoms with Gasteiger partial charge in [-0.25, -0.2) is 18.2 Å². The topological polar surface area (TPSA) is 62.2 Å². The number of rotatable bonds is 5. The normalized spacial score (nSPS) is 17.3. The fourth-order valence-corrected chi connectivity index (χ4v) is 3.75. The van der Waals surface area contributed by atoms with Gasteiger partial charge in [-0.3, -0.25) is 9.59 Å². The fraction of sp³-hybridized carbons (Fsp3) is 0.348. The second kappa shape index (κ2) is 9.42. The minimum Gasteiger partial charge on any atom is -0.487 e. The Bertz CT molecular complexity index is 1030. The Labute approximate surface area is 183 Å². The van der Waals surface area contributed by atoms with E-state index < -0.39 is 11.6 Å². The molecule has 2 amide bonds. The molecule has 2 aliphatic rings. The third-order valence-electron chi connectivity index (χ3n) is 5.51. The highest BCUT2D eigenvalue weighted by molar-refractivity contribution is 6.39.